The molecular formula is C20H16F3N2O3S+. The largest absolute Gasteiger partial charge is 0.457 e. The number of nitrogens with zero attached hydrogens (tertiary/aromatic N) is 1. The Hall–Kier alpha value is -3.07. The van der Waals surface area contributed by atoms with Crippen LogP contribution in [0, 0.1) is 0 Å². The fourth-order valence-electron chi connectivity index (χ4n) is 3.08. The summed E-state index contributed by atoms with van der Waals surface area (Å²) in [5.74, 6) is 0.933. The van der Waals surface area contributed by atoms with E-state index in [0.29, 0.717) is 23.7 Å². The van der Waals surface area contributed by atoms with Gasteiger partial charge in [-0.3, -0.25) is 0 Å². The molecule has 0 bridgehead atoms. The van der Waals surface area contributed by atoms with Crippen molar-refractivity contribution in [3.8, 4) is 22.6 Å². The van der Waals surface area contributed by atoms with Gasteiger partial charge in [0.05, 0.1) is 17.3 Å². The van der Waals surface area contributed by atoms with Crippen molar-refractivity contribution in [3.63, 3.8) is 0 Å². The van der Waals surface area contributed by atoms with Gasteiger partial charge in [-0.15, -0.1) is 0 Å². The first-order valence-corrected chi connectivity index (χ1v) is 10.3. The van der Waals surface area contributed by atoms with Crippen LogP contribution in [0.1, 0.15) is 5.56 Å². The summed E-state index contributed by atoms with van der Waals surface area (Å²) >= 11 is 0. The Morgan fingerprint density at radius 1 is 0.966 bits per heavy atom. The molecular weight excluding hydrogens is 405 g/mol. The molecule has 4 rings (SSSR count). The molecule has 0 spiro atoms. The van der Waals surface area contributed by atoms with Crippen molar-refractivity contribution in [3.05, 3.63) is 72.4 Å². The highest BCUT2D eigenvalue weighted by atomic mass is 32.2. The number of alkyl halides is 3. The molecule has 0 saturated carbocycles. The van der Waals surface area contributed by atoms with Gasteiger partial charge in [0.1, 0.15) is 23.8 Å². The third kappa shape index (κ3) is 4.19. The van der Waals surface area contributed by atoms with Crippen LogP contribution in [0.4, 0.5) is 19.0 Å². The number of halogens is 3. The summed E-state index contributed by atoms with van der Waals surface area (Å²) in [4.78, 5) is 0. The van der Waals surface area contributed by atoms with Crippen molar-refractivity contribution in [2.45, 2.75) is 12.7 Å². The second-order valence-corrected chi connectivity index (χ2v) is 8.38. The summed E-state index contributed by atoms with van der Waals surface area (Å²) in [5.41, 5.74) is 0.656. The maximum Gasteiger partial charge on any atom is 0.416 e. The zero-order valence-electron chi connectivity index (χ0n) is 15.0. The van der Waals surface area contributed by atoms with E-state index in [-0.39, 0.29) is 11.5 Å². The Morgan fingerprint density at radius 3 is 2.45 bits per heavy atom. The van der Waals surface area contributed by atoms with Crippen LogP contribution in [0.25, 0.3) is 11.1 Å². The summed E-state index contributed by atoms with van der Waals surface area (Å²) in [6, 6.07) is 15.0. The number of nitrogens with one attached hydrogen (secondary N) is 1. The molecule has 0 unspecified atom stereocenters. The van der Waals surface area contributed by atoms with E-state index in [9.17, 15) is 21.6 Å². The Balaban J connectivity index is 1.60. The molecule has 1 N–H and O–H groups in total. The lowest BCUT2D eigenvalue weighted by atomic mass is 10.1. The van der Waals surface area contributed by atoms with Gasteiger partial charge in [0, 0.05) is 0 Å². The molecule has 5 nitrogen and oxygen atoms in total. The Bertz CT molecular complexity index is 1160. The monoisotopic (exact) mass is 421 g/mol. The molecule has 2 heterocycles. The van der Waals surface area contributed by atoms with E-state index in [4.69, 9.17) is 4.74 Å². The number of hydrogen-bond donors (Lipinski definition) is 1. The number of hydrogen-bond acceptors (Lipinski definition) is 3. The third-order valence-corrected chi connectivity index (χ3v) is 5.71. The van der Waals surface area contributed by atoms with Gasteiger partial charge >= 0.3 is 16.2 Å². The van der Waals surface area contributed by atoms with Gasteiger partial charge in [0.15, 0.2) is 0 Å². The van der Waals surface area contributed by atoms with E-state index in [1.165, 1.54) is 12.1 Å². The number of aromatic nitrogens is 1. The van der Waals surface area contributed by atoms with Crippen molar-refractivity contribution in [2.75, 3.05) is 10.5 Å². The SMILES string of the molecule is O=S1(=O)CC[n+]2cccc(-c3ccc(Oc4cccc(C(F)(F)F)c4)cc3)c2N1. The van der Waals surface area contributed by atoms with Gasteiger partial charge in [0.2, 0.25) is 0 Å². The van der Waals surface area contributed by atoms with Crippen LogP contribution in [0.3, 0.4) is 0 Å². The molecule has 0 radical (unpaired) electrons. The molecule has 0 fully saturated rings. The highest BCUT2D eigenvalue weighted by Crippen LogP contribution is 2.34. The molecule has 9 heteroatoms. The standard InChI is InChI=1S/C20H15F3N2O3S/c21-20(22,23)15-3-1-4-17(13-15)28-16-8-6-14(7-9-16)18-5-2-10-25-11-12-29(26,27)24-19(18)25/h1-10,13H,11-12H2/p+1. The summed E-state index contributed by atoms with van der Waals surface area (Å²) in [6.45, 7) is 0.356. The van der Waals surface area contributed by atoms with Crippen LogP contribution in [0.5, 0.6) is 11.5 Å². The number of aryl methyl sites for hydroxylation is 1. The molecule has 150 valence electrons. The average Bonchev–Trinajstić information content (AvgIpc) is 2.67. The Kier molecular flexibility index (Phi) is 4.70. The minimum Gasteiger partial charge on any atom is -0.457 e. The van der Waals surface area contributed by atoms with Crippen LogP contribution in [-0.4, -0.2) is 14.2 Å². The molecule has 29 heavy (non-hydrogen) atoms. The molecule has 0 aliphatic carbocycles. The van der Waals surface area contributed by atoms with E-state index >= 15 is 0 Å². The van der Waals surface area contributed by atoms with Gasteiger partial charge in [-0.25, -0.2) is 4.57 Å². The number of benzene rings is 2. The fraction of sp³-hybridized carbons (Fsp3) is 0.150. The molecule has 1 aliphatic rings. The smallest absolute Gasteiger partial charge is 0.416 e. The van der Waals surface area contributed by atoms with Gasteiger partial charge in [-0.1, -0.05) is 18.2 Å². The van der Waals surface area contributed by atoms with Gasteiger partial charge in [-0.2, -0.15) is 26.3 Å². The Labute approximate surface area is 165 Å². The number of fused-ring (bicyclic) bond motifs is 1. The van der Waals surface area contributed by atoms with E-state index < -0.39 is 21.8 Å². The first-order chi connectivity index (χ1) is 13.7. The van der Waals surface area contributed by atoms with Crippen molar-refractivity contribution in [2.24, 2.45) is 0 Å². The summed E-state index contributed by atoms with van der Waals surface area (Å²) in [5, 5.41) is 0. The molecule has 2 aromatic carbocycles. The number of ether oxygens (including phenoxy) is 1. The van der Waals surface area contributed by atoms with E-state index in [1.807, 2.05) is 10.6 Å². The number of rotatable bonds is 3. The molecule has 1 aliphatic heterocycles. The summed E-state index contributed by atoms with van der Waals surface area (Å²) in [7, 11) is -3.38. The highest BCUT2D eigenvalue weighted by molar-refractivity contribution is 7.92. The maximum atomic E-state index is 12.8. The lowest BCUT2D eigenvalue weighted by Crippen LogP contribution is -2.47. The summed E-state index contributed by atoms with van der Waals surface area (Å²) in [6.07, 6.45) is -2.65. The Morgan fingerprint density at radius 2 is 1.72 bits per heavy atom. The zero-order valence-corrected chi connectivity index (χ0v) is 15.8. The predicted molar refractivity (Wildman–Crippen MR) is 101 cm³/mol. The van der Waals surface area contributed by atoms with Crippen LogP contribution in [0.15, 0.2) is 66.9 Å². The first kappa shape index (κ1) is 19.3. The lowest BCUT2D eigenvalue weighted by Gasteiger charge is -2.16. The van der Waals surface area contributed by atoms with Crippen molar-refractivity contribution >= 4 is 15.8 Å². The molecule has 0 atom stereocenters. The third-order valence-electron chi connectivity index (χ3n) is 4.49. The minimum absolute atomic E-state index is 0.0118. The van der Waals surface area contributed by atoms with Gasteiger partial charge in [-0.05, 0) is 48.0 Å². The average molecular weight is 421 g/mol. The van der Waals surface area contributed by atoms with E-state index in [1.54, 1.807) is 36.5 Å². The van der Waals surface area contributed by atoms with Crippen molar-refractivity contribution < 1.29 is 30.9 Å². The molecule has 0 amide bonds. The number of anilines is 1. The summed E-state index contributed by atoms with van der Waals surface area (Å²) < 4.78 is 72.3. The minimum atomic E-state index is -4.44. The molecule has 0 saturated heterocycles. The van der Waals surface area contributed by atoms with Crippen LogP contribution < -0.4 is 14.0 Å². The second kappa shape index (κ2) is 7.07. The van der Waals surface area contributed by atoms with Gasteiger partial charge < -0.3 is 4.74 Å². The quantitative estimate of drug-likeness (QED) is 0.645. The van der Waals surface area contributed by atoms with Crippen molar-refractivity contribution in [1.29, 1.82) is 0 Å². The second-order valence-electron chi connectivity index (χ2n) is 6.54. The normalized spacial score (nSPS) is 15.3. The fourth-order valence-corrected chi connectivity index (χ4v) is 4.14. The molecule has 1 aromatic heterocycles. The highest BCUT2D eigenvalue weighted by Gasteiger charge is 2.31. The van der Waals surface area contributed by atoms with E-state index in [2.05, 4.69) is 4.72 Å². The maximum absolute atomic E-state index is 12.8. The topological polar surface area (TPSA) is 59.3 Å². The molecule has 3 aromatic rings. The lowest BCUT2D eigenvalue weighted by molar-refractivity contribution is -0.679. The first-order valence-electron chi connectivity index (χ1n) is 8.70. The number of pyridine rings is 1. The predicted octanol–water partition coefficient (Wildman–Crippen LogP) is 4.21. The van der Waals surface area contributed by atoms with Crippen LogP contribution in [-0.2, 0) is 22.7 Å². The zero-order chi connectivity index (χ0) is 20.6. The number of sulfonamides is 1. The van der Waals surface area contributed by atoms with Crippen LogP contribution in [0.2, 0.25) is 0 Å². The van der Waals surface area contributed by atoms with Crippen molar-refractivity contribution in [1.82, 2.24) is 0 Å². The van der Waals surface area contributed by atoms with Crippen LogP contribution >= 0.6 is 0 Å². The van der Waals surface area contributed by atoms with E-state index in [0.717, 1.165) is 17.7 Å². The van der Waals surface area contributed by atoms with Gasteiger partial charge in [0.25, 0.3) is 5.82 Å².